The van der Waals surface area contributed by atoms with E-state index in [9.17, 15) is 18.0 Å². The number of nitrogens with zero attached hydrogens (tertiary/aromatic N) is 1. The van der Waals surface area contributed by atoms with E-state index in [2.05, 4.69) is 5.32 Å². The quantitative estimate of drug-likeness (QED) is 0.427. The van der Waals surface area contributed by atoms with Crippen molar-refractivity contribution in [1.29, 1.82) is 0 Å². The Kier molecular flexibility index (Phi) is 8.41. The van der Waals surface area contributed by atoms with Gasteiger partial charge in [0, 0.05) is 24.9 Å². The Morgan fingerprint density at radius 3 is 2.54 bits per heavy atom. The standard InChI is InChI=1S/C20H26N2O5S/c1-2-3-6-12-20(24)27-16-19(23)21-17-10-9-11-18(15-17)28(25,26)22-13-7-4-5-8-14-22/h2-3,6,9-12,15H,4-5,7-8,13-14,16H2,1H3,(H,21,23)/b3-2+,12-6+. The molecule has 0 aromatic heterocycles. The molecule has 0 aliphatic carbocycles. The van der Waals surface area contributed by atoms with E-state index in [1.165, 1.54) is 28.6 Å². The van der Waals surface area contributed by atoms with Gasteiger partial charge in [-0.1, -0.05) is 37.1 Å². The average molecular weight is 407 g/mol. The molecule has 0 atom stereocenters. The summed E-state index contributed by atoms with van der Waals surface area (Å²) < 4.78 is 32.0. The minimum absolute atomic E-state index is 0.137. The van der Waals surface area contributed by atoms with Crippen molar-refractivity contribution in [3.63, 3.8) is 0 Å². The Labute approximate surface area is 166 Å². The highest BCUT2D eigenvalue weighted by Crippen LogP contribution is 2.22. The zero-order chi connectivity index (χ0) is 20.4. The molecule has 0 bridgehead atoms. The fourth-order valence-corrected chi connectivity index (χ4v) is 4.36. The number of rotatable bonds is 7. The molecule has 1 amide bonds. The third kappa shape index (κ3) is 6.61. The van der Waals surface area contributed by atoms with Crippen molar-refractivity contribution >= 4 is 27.6 Å². The molecular weight excluding hydrogens is 380 g/mol. The molecule has 1 aromatic rings. The Morgan fingerprint density at radius 2 is 1.86 bits per heavy atom. The number of allylic oxidation sites excluding steroid dienone is 3. The minimum Gasteiger partial charge on any atom is -0.452 e. The van der Waals surface area contributed by atoms with Crippen LogP contribution in [0.2, 0.25) is 0 Å². The van der Waals surface area contributed by atoms with Crippen LogP contribution < -0.4 is 5.32 Å². The number of esters is 1. The number of carbonyl (C=O) groups is 2. The minimum atomic E-state index is -3.60. The maximum absolute atomic E-state index is 12.8. The first-order valence-electron chi connectivity index (χ1n) is 9.29. The lowest BCUT2D eigenvalue weighted by molar-refractivity contribution is -0.142. The summed E-state index contributed by atoms with van der Waals surface area (Å²) >= 11 is 0. The van der Waals surface area contributed by atoms with Gasteiger partial charge in [0.15, 0.2) is 6.61 Å². The van der Waals surface area contributed by atoms with Gasteiger partial charge in [-0.05, 0) is 38.0 Å². The largest absolute Gasteiger partial charge is 0.452 e. The van der Waals surface area contributed by atoms with E-state index in [1.54, 1.807) is 24.3 Å². The van der Waals surface area contributed by atoms with Gasteiger partial charge in [0.2, 0.25) is 10.0 Å². The molecule has 8 heteroatoms. The number of benzene rings is 1. The van der Waals surface area contributed by atoms with Gasteiger partial charge in [0.05, 0.1) is 4.90 Å². The van der Waals surface area contributed by atoms with Gasteiger partial charge in [0.25, 0.3) is 5.91 Å². The van der Waals surface area contributed by atoms with Gasteiger partial charge in [-0.2, -0.15) is 4.31 Å². The predicted molar refractivity (Wildman–Crippen MR) is 107 cm³/mol. The summed E-state index contributed by atoms with van der Waals surface area (Å²) in [6, 6.07) is 6.10. The van der Waals surface area contributed by atoms with Crippen LogP contribution in [-0.4, -0.2) is 44.3 Å². The number of sulfonamides is 1. The fraction of sp³-hybridized carbons (Fsp3) is 0.400. The normalized spacial score (nSPS) is 16.2. The SMILES string of the molecule is C/C=C/C=C/C(=O)OCC(=O)Nc1cccc(S(=O)(=O)N2CCCCCC2)c1. The smallest absolute Gasteiger partial charge is 0.331 e. The Morgan fingerprint density at radius 1 is 1.14 bits per heavy atom. The van der Waals surface area contributed by atoms with Crippen molar-refractivity contribution in [2.75, 3.05) is 25.0 Å². The van der Waals surface area contributed by atoms with Crippen LogP contribution in [0.5, 0.6) is 0 Å². The first kappa shape index (κ1) is 21.8. The van der Waals surface area contributed by atoms with Gasteiger partial charge < -0.3 is 10.1 Å². The molecule has 152 valence electrons. The molecule has 1 aromatic carbocycles. The second-order valence-corrected chi connectivity index (χ2v) is 8.32. The maximum Gasteiger partial charge on any atom is 0.331 e. The van der Waals surface area contributed by atoms with E-state index in [1.807, 2.05) is 6.92 Å². The first-order chi connectivity index (χ1) is 13.4. The molecule has 1 fully saturated rings. The number of hydrogen-bond acceptors (Lipinski definition) is 5. The number of carbonyl (C=O) groups excluding carboxylic acids is 2. The zero-order valence-electron chi connectivity index (χ0n) is 16.0. The molecule has 1 heterocycles. The monoisotopic (exact) mass is 406 g/mol. The summed E-state index contributed by atoms with van der Waals surface area (Å²) in [6.07, 6.45) is 9.91. The highest BCUT2D eigenvalue weighted by molar-refractivity contribution is 7.89. The van der Waals surface area contributed by atoms with Crippen molar-refractivity contribution in [2.45, 2.75) is 37.5 Å². The Hall–Kier alpha value is -2.45. The molecule has 1 aliphatic rings. The molecule has 0 saturated carbocycles. The zero-order valence-corrected chi connectivity index (χ0v) is 16.8. The molecule has 1 N–H and O–H groups in total. The van der Waals surface area contributed by atoms with E-state index < -0.39 is 28.5 Å². The van der Waals surface area contributed by atoms with Crippen LogP contribution in [-0.2, 0) is 24.3 Å². The third-order valence-electron chi connectivity index (χ3n) is 4.20. The highest BCUT2D eigenvalue weighted by Gasteiger charge is 2.25. The molecule has 1 aliphatic heterocycles. The van der Waals surface area contributed by atoms with E-state index in [0.717, 1.165) is 25.7 Å². The number of nitrogens with one attached hydrogen (secondary N) is 1. The summed E-state index contributed by atoms with van der Waals surface area (Å²) in [7, 11) is -3.60. The molecule has 1 saturated heterocycles. The van der Waals surface area contributed by atoms with Crippen molar-refractivity contribution in [1.82, 2.24) is 4.31 Å². The van der Waals surface area contributed by atoms with Gasteiger partial charge >= 0.3 is 5.97 Å². The van der Waals surface area contributed by atoms with E-state index in [-0.39, 0.29) is 4.90 Å². The van der Waals surface area contributed by atoms with E-state index in [4.69, 9.17) is 4.74 Å². The third-order valence-corrected chi connectivity index (χ3v) is 6.10. The summed E-state index contributed by atoms with van der Waals surface area (Å²) in [4.78, 5) is 23.6. The topological polar surface area (TPSA) is 92.8 Å². The fourth-order valence-electron chi connectivity index (χ4n) is 2.79. The van der Waals surface area contributed by atoms with Gasteiger partial charge in [0.1, 0.15) is 0 Å². The molecule has 0 radical (unpaired) electrons. The molecule has 7 nitrogen and oxygen atoms in total. The summed E-state index contributed by atoms with van der Waals surface area (Å²) in [5.74, 6) is -1.18. The number of hydrogen-bond donors (Lipinski definition) is 1. The molecule has 28 heavy (non-hydrogen) atoms. The van der Waals surface area contributed by atoms with Crippen LogP contribution in [0.15, 0.2) is 53.5 Å². The summed E-state index contributed by atoms with van der Waals surface area (Å²) in [5.41, 5.74) is 0.335. The van der Waals surface area contributed by atoms with E-state index in [0.29, 0.717) is 18.8 Å². The lowest BCUT2D eigenvalue weighted by Crippen LogP contribution is -2.32. The van der Waals surface area contributed by atoms with Crippen LogP contribution in [0.25, 0.3) is 0 Å². The second-order valence-electron chi connectivity index (χ2n) is 6.39. The van der Waals surface area contributed by atoms with Crippen LogP contribution in [0, 0.1) is 0 Å². The lowest BCUT2D eigenvalue weighted by atomic mass is 10.2. The Balaban J connectivity index is 1.98. The summed E-state index contributed by atoms with van der Waals surface area (Å²) in [5, 5.41) is 2.56. The second kappa shape index (κ2) is 10.8. The molecule has 2 rings (SSSR count). The van der Waals surface area contributed by atoms with Gasteiger partial charge in [-0.15, -0.1) is 0 Å². The Bertz CT molecular complexity index is 838. The van der Waals surface area contributed by atoms with Crippen LogP contribution in [0.3, 0.4) is 0 Å². The predicted octanol–water partition coefficient (Wildman–Crippen LogP) is 2.87. The molecule has 0 spiro atoms. The van der Waals surface area contributed by atoms with Crippen LogP contribution in [0.1, 0.15) is 32.6 Å². The van der Waals surface area contributed by atoms with Gasteiger partial charge in [-0.25, -0.2) is 13.2 Å². The van der Waals surface area contributed by atoms with Crippen molar-refractivity contribution in [2.24, 2.45) is 0 Å². The molecule has 0 unspecified atom stereocenters. The van der Waals surface area contributed by atoms with Crippen LogP contribution in [0.4, 0.5) is 5.69 Å². The van der Waals surface area contributed by atoms with Crippen molar-refractivity contribution in [3.8, 4) is 0 Å². The summed E-state index contributed by atoms with van der Waals surface area (Å²) in [6.45, 7) is 2.37. The van der Waals surface area contributed by atoms with Gasteiger partial charge in [-0.3, -0.25) is 4.79 Å². The van der Waals surface area contributed by atoms with Crippen molar-refractivity contribution < 1.29 is 22.7 Å². The lowest BCUT2D eigenvalue weighted by Gasteiger charge is -2.20. The molecular formula is C20H26N2O5S. The van der Waals surface area contributed by atoms with Crippen molar-refractivity contribution in [3.05, 3.63) is 48.6 Å². The first-order valence-corrected chi connectivity index (χ1v) is 10.7. The average Bonchev–Trinajstić information content (AvgIpc) is 2.97. The van der Waals surface area contributed by atoms with E-state index >= 15 is 0 Å². The van der Waals surface area contributed by atoms with Crippen LogP contribution >= 0.6 is 0 Å². The number of amides is 1. The number of ether oxygens (including phenoxy) is 1. The maximum atomic E-state index is 12.8. The highest BCUT2D eigenvalue weighted by atomic mass is 32.2. The number of anilines is 1.